The van der Waals surface area contributed by atoms with Crippen LogP contribution in [-0.2, 0) is 20.0 Å². The van der Waals surface area contributed by atoms with Gasteiger partial charge in [-0.25, -0.2) is 16.8 Å². The molecule has 0 saturated carbocycles. The minimum Gasteiger partial charge on any atom is -0.280 e. The molecule has 0 spiro atoms. The van der Waals surface area contributed by atoms with Gasteiger partial charge in [0.2, 0.25) is 10.0 Å². The molecule has 148 valence electrons. The van der Waals surface area contributed by atoms with Gasteiger partial charge in [-0.05, 0) is 55.3 Å². The van der Waals surface area contributed by atoms with Crippen molar-refractivity contribution in [3.05, 3.63) is 53.1 Å². The summed E-state index contributed by atoms with van der Waals surface area (Å²) in [5.41, 5.74) is 0.421. The van der Waals surface area contributed by atoms with E-state index in [1.807, 2.05) is 6.07 Å². The van der Waals surface area contributed by atoms with E-state index in [1.165, 1.54) is 46.8 Å². The molecule has 0 unspecified atom stereocenters. The Balaban J connectivity index is 1.91. The highest BCUT2D eigenvalue weighted by molar-refractivity contribution is 7.92. The summed E-state index contributed by atoms with van der Waals surface area (Å²) in [6.45, 7) is 0.833. The van der Waals surface area contributed by atoms with E-state index >= 15 is 0 Å². The highest BCUT2D eigenvalue weighted by Crippen LogP contribution is 2.30. The largest absolute Gasteiger partial charge is 0.280 e. The Morgan fingerprint density at radius 2 is 1.61 bits per heavy atom. The van der Waals surface area contributed by atoms with E-state index in [0.717, 1.165) is 19.3 Å². The van der Waals surface area contributed by atoms with Crippen molar-refractivity contribution < 1.29 is 16.8 Å². The minimum atomic E-state index is -3.95. The van der Waals surface area contributed by atoms with Gasteiger partial charge in [0.1, 0.15) is 4.90 Å². The van der Waals surface area contributed by atoms with Crippen molar-refractivity contribution in [1.29, 1.82) is 5.26 Å². The normalized spacial score (nSPS) is 15.7. The van der Waals surface area contributed by atoms with Crippen molar-refractivity contribution in [2.45, 2.75) is 29.1 Å². The quantitative estimate of drug-likeness (QED) is 0.769. The molecular weight excluding hydrogens is 422 g/mol. The molecule has 1 aliphatic rings. The van der Waals surface area contributed by atoms with E-state index in [4.69, 9.17) is 16.9 Å². The first-order chi connectivity index (χ1) is 13.2. The molecule has 0 aromatic heterocycles. The number of rotatable bonds is 5. The summed E-state index contributed by atoms with van der Waals surface area (Å²) in [5.74, 6) is 0. The van der Waals surface area contributed by atoms with Gasteiger partial charge in [-0.1, -0.05) is 18.0 Å². The number of sulfonamides is 2. The molecule has 1 saturated heterocycles. The minimum absolute atomic E-state index is 0.0342. The summed E-state index contributed by atoms with van der Waals surface area (Å²) in [6.07, 6.45) is 2.54. The molecule has 1 heterocycles. The predicted octanol–water partition coefficient (Wildman–Crippen LogP) is 3.19. The fourth-order valence-corrected chi connectivity index (χ4v) is 6.00. The van der Waals surface area contributed by atoms with Crippen molar-refractivity contribution >= 4 is 37.3 Å². The monoisotopic (exact) mass is 439 g/mol. The fourth-order valence-electron chi connectivity index (χ4n) is 2.93. The Labute approximate surface area is 169 Å². The van der Waals surface area contributed by atoms with Crippen molar-refractivity contribution in [1.82, 2.24) is 4.31 Å². The Bertz CT molecular complexity index is 1120. The van der Waals surface area contributed by atoms with Crippen LogP contribution in [0.3, 0.4) is 0 Å². The zero-order valence-electron chi connectivity index (χ0n) is 14.8. The number of nitrogens with one attached hydrogen (secondary N) is 1. The molecule has 10 heteroatoms. The molecular formula is C18H18ClN3O4S2. The second-order valence-corrected chi connectivity index (χ2v) is 10.3. The summed E-state index contributed by atoms with van der Waals surface area (Å²) >= 11 is 6.11. The molecule has 1 aliphatic heterocycles. The summed E-state index contributed by atoms with van der Waals surface area (Å²) in [7, 11) is -7.76. The van der Waals surface area contributed by atoms with E-state index in [0.29, 0.717) is 18.7 Å². The molecule has 1 fully saturated rings. The van der Waals surface area contributed by atoms with Crippen LogP contribution in [0.25, 0.3) is 0 Å². The van der Waals surface area contributed by atoms with Crippen molar-refractivity contribution in [3.63, 3.8) is 0 Å². The lowest BCUT2D eigenvalue weighted by molar-refractivity contribution is 0.346. The summed E-state index contributed by atoms with van der Waals surface area (Å²) in [5, 5.41) is 8.85. The third-order valence-electron chi connectivity index (χ3n) is 4.41. The number of nitrogens with zero attached hydrogens (tertiary/aromatic N) is 2. The lowest BCUT2D eigenvalue weighted by Gasteiger charge is -2.26. The average Bonchev–Trinajstić information content (AvgIpc) is 2.70. The molecule has 0 amide bonds. The van der Waals surface area contributed by atoms with Crippen LogP contribution in [0.1, 0.15) is 24.8 Å². The third kappa shape index (κ3) is 4.31. The summed E-state index contributed by atoms with van der Waals surface area (Å²) in [6, 6.07) is 11.3. The lowest BCUT2D eigenvalue weighted by atomic mass is 10.2. The van der Waals surface area contributed by atoms with Gasteiger partial charge in [0, 0.05) is 13.1 Å². The number of piperidine rings is 1. The van der Waals surface area contributed by atoms with Crippen LogP contribution >= 0.6 is 11.6 Å². The van der Waals surface area contributed by atoms with E-state index < -0.39 is 20.0 Å². The van der Waals surface area contributed by atoms with Crippen LogP contribution in [0, 0.1) is 11.3 Å². The zero-order chi connectivity index (χ0) is 20.4. The Morgan fingerprint density at radius 3 is 2.21 bits per heavy atom. The first kappa shape index (κ1) is 20.6. The second kappa shape index (κ2) is 8.09. The molecule has 28 heavy (non-hydrogen) atoms. The maximum absolute atomic E-state index is 12.9. The number of hydrogen-bond acceptors (Lipinski definition) is 5. The highest BCUT2D eigenvalue weighted by Gasteiger charge is 2.28. The number of halogens is 1. The van der Waals surface area contributed by atoms with Gasteiger partial charge in [0.25, 0.3) is 10.0 Å². The maximum Gasteiger partial charge on any atom is 0.261 e. The number of hydrogen-bond donors (Lipinski definition) is 1. The van der Waals surface area contributed by atoms with Crippen LogP contribution in [0.4, 0.5) is 5.69 Å². The van der Waals surface area contributed by atoms with Gasteiger partial charge < -0.3 is 0 Å². The summed E-state index contributed by atoms with van der Waals surface area (Å²) in [4.78, 5) is -0.169. The Morgan fingerprint density at radius 1 is 0.964 bits per heavy atom. The van der Waals surface area contributed by atoms with Gasteiger partial charge in [0.05, 0.1) is 27.2 Å². The molecule has 0 aliphatic carbocycles. The van der Waals surface area contributed by atoms with Crippen molar-refractivity contribution in [3.8, 4) is 6.07 Å². The van der Waals surface area contributed by atoms with Crippen LogP contribution in [0.15, 0.2) is 52.3 Å². The van der Waals surface area contributed by atoms with E-state index in [-0.39, 0.29) is 20.5 Å². The molecule has 0 radical (unpaired) electrons. The van der Waals surface area contributed by atoms with Crippen LogP contribution in [0.2, 0.25) is 5.02 Å². The molecule has 1 N–H and O–H groups in total. The number of benzene rings is 2. The number of anilines is 1. The fraction of sp³-hybridized carbons (Fsp3) is 0.278. The second-order valence-electron chi connectivity index (χ2n) is 6.35. The Kier molecular flexibility index (Phi) is 5.95. The van der Waals surface area contributed by atoms with E-state index in [2.05, 4.69) is 4.72 Å². The highest BCUT2D eigenvalue weighted by atomic mass is 35.5. The van der Waals surface area contributed by atoms with Gasteiger partial charge in [-0.2, -0.15) is 9.57 Å². The zero-order valence-corrected chi connectivity index (χ0v) is 17.2. The molecule has 2 aromatic rings. The maximum atomic E-state index is 12.9. The third-order valence-corrected chi connectivity index (χ3v) is 8.19. The molecule has 3 rings (SSSR count). The van der Waals surface area contributed by atoms with Gasteiger partial charge in [-0.15, -0.1) is 0 Å². The van der Waals surface area contributed by atoms with Gasteiger partial charge >= 0.3 is 0 Å². The van der Waals surface area contributed by atoms with Gasteiger partial charge in [-0.3, -0.25) is 4.72 Å². The van der Waals surface area contributed by atoms with Crippen molar-refractivity contribution in [2.24, 2.45) is 0 Å². The predicted molar refractivity (Wildman–Crippen MR) is 106 cm³/mol. The number of nitriles is 1. The first-order valence-corrected chi connectivity index (χ1v) is 11.9. The first-order valence-electron chi connectivity index (χ1n) is 8.57. The van der Waals surface area contributed by atoms with Crippen LogP contribution < -0.4 is 4.72 Å². The standard InChI is InChI=1S/C18H18ClN3O4S2/c19-17-9-6-15(12-18(17)28(25,26)22-10-2-1-3-11-22)21-27(23,24)16-7-4-14(13-20)5-8-16/h4-9,12,21H,1-3,10-11H2. The van der Waals surface area contributed by atoms with Crippen LogP contribution in [-0.4, -0.2) is 34.2 Å². The SMILES string of the molecule is N#Cc1ccc(S(=O)(=O)Nc2ccc(Cl)c(S(=O)(=O)N3CCCCC3)c2)cc1. The van der Waals surface area contributed by atoms with Crippen LogP contribution in [0.5, 0.6) is 0 Å². The topological polar surface area (TPSA) is 107 Å². The van der Waals surface area contributed by atoms with Crippen molar-refractivity contribution in [2.75, 3.05) is 17.8 Å². The molecule has 7 nitrogen and oxygen atoms in total. The van der Waals surface area contributed by atoms with E-state index in [9.17, 15) is 16.8 Å². The average molecular weight is 440 g/mol. The Hall–Kier alpha value is -2.12. The summed E-state index contributed by atoms with van der Waals surface area (Å²) < 4.78 is 54.7. The van der Waals surface area contributed by atoms with E-state index in [1.54, 1.807) is 0 Å². The van der Waals surface area contributed by atoms with Gasteiger partial charge in [0.15, 0.2) is 0 Å². The molecule has 2 aromatic carbocycles. The lowest BCUT2D eigenvalue weighted by Crippen LogP contribution is -2.35. The molecule has 0 atom stereocenters. The molecule has 0 bridgehead atoms. The smallest absolute Gasteiger partial charge is 0.261 e.